The van der Waals surface area contributed by atoms with Crippen LogP contribution in [-0.2, 0) is 27.4 Å². The molecule has 1 aromatic carbocycles. The van der Waals surface area contributed by atoms with Crippen LogP contribution in [0.25, 0.3) is 0 Å². The van der Waals surface area contributed by atoms with Crippen LogP contribution in [0.2, 0.25) is 0 Å². The number of ether oxygens (including phenoxy) is 2. The Balaban J connectivity index is 1.81. The number of rotatable bonds is 7. The maximum absolute atomic E-state index is 12.4. The zero-order valence-corrected chi connectivity index (χ0v) is 14.7. The number of hydrogen-bond acceptors (Lipinski definition) is 5. The first-order chi connectivity index (χ1) is 12.6. The van der Waals surface area contributed by atoms with Crippen molar-refractivity contribution in [2.75, 3.05) is 6.61 Å². The van der Waals surface area contributed by atoms with Gasteiger partial charge in [-0.05, 0) is 26.0 Å². The molecule has 146 valence electrons. The molecule has 1 aromatic heterocycles. The van der Waals surface area contributed by atoms with Crippen LogP contribution in [0.4, 0.5) is 13.2 Å². The van der Waals surface area contributed by atoms with Gasteiger partial charge in [-0.15, -0.1) is 13.2 Å². The van der Waals surface area contributed by atoms with Gasteiger partial charge in [0.05, 0.1) is 5.69 Å². The second-order valence-electron chi connectivity index (χ2n) is 5.68. The van der Waals surface area contributed by atoms with E-state index in [1.807, 2.05) is 0 Å². The van der Waals surface area contributed by atoms with Gasteiger partial charge in [-0.2, -0.15) is 5.10 Å². The Labute approximate surface area is 153 Å². The highest BCUT2D eigenvalue weighted by Crippen LogP contribution is 2.25. The van der Waals surface area contributed by atoms with E-state index < -0.39 is 30.6 Å². The summed E-state index contributed by atoms with van der Waals surface area (Å²) in [7, 11) is 0. The van der Waals surface area contributed by atoms with Crippen molar-refractivity contribution in [3.8, 4) is 5.75 Å². The Bertz CT molecular complexity index is 818. The Morgan fingerprint density at radius 2 is 1.93 bits per heavy atom. The molecule has 0 atom stereocenters. The topological polar surface area (TPSA) is 82.5 Å². The molecule has 1 N–H and O–H groups in total. The van der Waals surface area contributed by atoms with E-state index in [9.17, 15) is 22.8 Å². The molecule has 2 aromatic rings. The van der Waals surface area contributed by atoms with Gasteiger partial charge < -0.3 is 14.8 Å². The lowest BCUT2D eigenvalue weighted by molar-refractivity contribution is -0.274. The predicted molar refractivity (Wildman–Crippen MR) is 87.6 cm³/mol. The van der Waals surface area contributed by atoms with Crippen molar-refractivity contribution in [3.05, 3.63) is 47.3 Å². The lowest BCUT2D eigenvalue weighted by Gasteiger charge is -2.13. The molecule has 0 saturated heterocycles. The van der Waals surface area contributed by atoms with Gasteiger partial charge in [-0.1, -0.05) is 18.2 Å². The van der Waals surface area contributed by atoms with Crippen LogP contribution in [0.3, 0.4) is 0 Å². The molecule has 0 saturated carbocycles. The minimum atomic E-state index is -4.83. The third-order valence-corrected chi connectivity index (χ3v) is 3.42. The molecule has 27 heavy (non-hydrogen) atoms. The summed E-state index contributed by atoms with van der Waals surface area (Å²) in [6, 6.07) is 7.21. The first-order valence-corrected chi connectivity index (χ1v) is 7.91. The molecule has 1 amide bonds. The number of amides is 1. The minimum Gasteiger partial charge on any atom is -0.454 e. The molecule has 10 heteroatoms. The smallest absolute Gasteiger partial charge is 0.454 e. The molecule has 0 aliphatic rings. The highest BCUT2D eigenvalue weighted by molar-refractivity contribution is 5.80. The average Bonchev–Trinajstić information content (AvgIpc) is 2.88. The summed E-state index contributed by atoms with van der Waals surface area (Å²) in [5.41, 5.74) is 1.66. The van der Waals surface area contributed by atoms with Gasteiger partial charge in [0.25, 0.3) is 5.91 Å². The molecule has 0 radical (unpaired) electrons. The number of nitrogens with one attached hydrogen (secondary N) is 1. The van der Waals surface area contributed by atoms with Crippen LogP contribution >= 0.6 is 0 Å². The number of carbonyl (C=O) groups excluding carboxylic acids is 2. The van der Waals surface area contributed by atoms with Crippen molar-refractivity contribution < 1.29 is 32.2 Å². The van der Waals surface area contributed by atoms with Crippen LogP contribution in [0, 0.1) is 13.8 Å². The predicted octanol–water partition coefficient (Wildman–Crippen LogP) is 2.26. The summed E-state index contributed by atoms with van der Waals surface area (Å²) >= 11 is 0. The number of benzene rings is 1. The van der Waals surface area contributed by atoms with Gasteiger partial charge >= 0.3 is 12.3 Å². The second-order valence-corrected chi connectivity index (χ2v) is 5.68. The number of carbonyl (C=O) groups is 2. The lowest BCUT2D eigenvalue weighted by Crippen LogP contribution is -2.29. The second kappa shape index (κ2) is 8.56. The van der Waals surface area contributed by atoms with Crippen LogP contribution in [0.15, 0.2) is 30.3 Å². The quantitative estimate of drug-likeness (QED) is 0.740. The zero-order chi connectivity index (χ0) is 20.0. The summed E-state index contributed by atoms with van der Waals surface area (Å²) in [6.45, 7) is 2.65. The van der Waals surface area contributed by atoms with Crippen LogP contribution in [-0.4, -0.2) is 34.6 Å². The van der Waals surface area contributed by atoms with E-state index in [0.29, 0.717) is 0 Å². The van der Waals surface area contributed by atoms with Gasteiger partial charge in [0, 0.05) is 17.8 Å². The summed E-state index contributed by atoms with van der Waals surface area (Å²) in [5.74, 6) is -1.72. The fourth-order valence-corrected chi connectivity index (χ4v) is 2.27. The fraction of sp³-hybridized carbons (Fsp3) is 0.353. The third kappa shape index (κ3) is 6.65. The van der Waals surface area contributed by atoms with E-state index in [4.69, 9.17) is 4.74 Å². The Morgan fingerprint density at radius 3 is 2.56 bits per heavy atom. The van der Waals surface area contributed by atoms with E-state index in [1.54, 1.807) is 19.9 Å². The largest absolute Gasteiger partial charge is 0.573 e. The molecule has 0 fully saturated rings. The number of esters is 1. The van der Waals surface area contributed by atoms with E-state index >= 15 is 0 Å². The van der Waals surface area contributed by atoms with E-state index in [-0.39, 0.29) is 18.7 Å². The normalized spacial score (nSPS) is 11.1. The van der Waals surface area contributed by atoms with Crippen LogP contribution in [0.1, 0.15) is 17.0 Å². The summed E-state index contributed by atoms with van der Waals surface area (Å²) in [6.07, 6.45) is -4.83. The highest BCUT2D eigenvalue weighted by atomic mass is 19.4. The fourth-order valence-electron chi connectivity index (χ4n) is 2.27. The molecule has 1 heterocycles. The first kappa shape index (κ1) is 20.3. The molecule has 0 aliphatic carbocycles. The van der Waals surface area contributed by atoms with Crippen LogP contribution < -0.4 is 10.1 Å². The minimum absolute atomic E-state index is 0.136. The first-order valence-electron chi connectivity index (χ1n) is 7.91. The van der Waals surface area contributed by atoms with Gasteiger partial charge in [0.2, 0.25) is 0 Å². The number of halogens is 3. The molecule has 0 spiro atoms. The number of aryl methyl sites for hydroxylation is 2. The number of alkyl halides is 3. The van der Waals surface area contributed by atoms with Crippen molar-refractivity contribution in [3.63, 3.8) is 0 Å². The standard InChI is InChI=1S/C17H18F3N3O4/c1-11-7-12(2)23(22-11)9-16(25)26-10-15(24)21-8-13-5-3-4-6-14(13)27-17(18,19)20/h3-7H,8-10H2,1-2H3,(H,21,24). The number of aromatic nitrogens is 2. The SMILES string of the molecule is Cc1cc(C)n(CC(=O)OCC(=O)NCc2ccccc2OC(F)(F)F)n1. The number of nitrogens with zero attached hydrogens (tertiary/aromatic N) is 2. The molecular weight excluding hydrogens is 367 g/mol. The van der Waals surface area contributed by atoms with Gasteiger partial charge in [-0.3, -0.25) is 14.3 Å². The monoisotopic (exact) mass is 385 g/mol. The van der Waals surface area contributed by atoms with Crippen molar-refractivity contribution in [1.82, 2.24) is 15.1 Å². The van der Waals surface area contributed by atoms with Crippen molar-refractivity contribution in [2.24, 2.45) is 0 Å². The average molecular weight is 385 g/mol. The van der Waals surface area contributed by atoms with Crippen molar-refractivity contribution >= 4 is 11.9 Å². The van der Waals surface area contributed by atoms with Crippen molar-refractivity contribution in [1.29, 1.82) is 0 Å². The maximum Gasteiger partial charge on any atom is 0.573 e. The van der Waals surface area contributed by atoms with E-state index in [0.717, 1.165) is 17.5 Å². The van der Waals surface area contributed by atoms with Crippen molar-refractivity contribution in [2.45, 2.75) is 33.3 Å². The Morgan fingerprint density at radius 1 is 1.22 bits per heavy atom. The highest BCUT2D eigenvalue weighted by Gasteiger charge is 2.32. The van der Waals surface area contributed by atoms with E-state index in [1.165, 1.54) is 22.9 Å². The molecular formula is C17H18F3N3O4. The third-order valence-electron chi connectivity index (χ3n) is 3.42. The molecule has 7 nitrogen and oxygen atoms in total. The summed E-state index contributed by atoms with van der Waals surface area (Å²) < 4.78 is 47.3. The van der Waals surface area contributed by atoms with Gasteiger partial charge in [-0.25, -0.2) is 0 Å². The van der Waals surface area contributed by atoms with E-state index in [2.05, 4.69) is 15.2 Å². The summed E-state index contributed by atoms with van der Waals surface area (Å²) in [5, 5.41) is 6.48. The molecule has 0 bridgehead atoms. The number of hydrogen-bond donors (Lipinski definition) is 1. The lowest BCUT2D eigenvalue weighted by atomic mass is 10.2. The van der Waals surface area contributed by atoms with Gasteiger partial charge in [0.15, 0.2) is 6.61 Å². The number of para-hydroxylation sites is 1. The Hall–Kier alpha value is -3.04. The Kier molecular flexibility index (Phi) is 6.43. The summed E-state index contributed by atoms with van der Waals surface area (Å²) in [4.78, 5) is 23.5. The van der Waals surface area contributed by atoms with Crippen LogP contribution in [0.5, 0.6) is 5.75 Å². The molecule has 0 unspecified atom stereocenters. The zero-order valence-electron chi connectivity index (χ0n) is 14.7. The maximum atomic E-state index is 12.4. The van der Waals surface area contributed by atoms with Gasteiger partial charge in [0.1, 0.15) is 12.3 Å². The molecule has 0 aliphatic heterocycles. The molecule has 2 rings (SSSR count).